The Labute approximate surface area is 301 Å². The molecule has 1 aromatic carbocycles. The van der Waals surface area contributed by atoms with Crippen LogP contribution in [0.2, 0.25) is 0 Å². The highest BCUT2D eigenvalue weighted by atomic mass is 15.1. The van der Waals surface area contributed by atoms with Crippen LogP contribution in [0, 0.1) is 5.92 Å². The quantitative estimate of drug-likeness (QED) is 0.0664. The molecule has 0 aliphatic rings. The number of nitrogens with zero attached hydrogens (tertiary/aromatic N) is 2. The second-order valence-electron chi connectivity index (χ2n) is 15.5. The molecule has 48 heavy (non-hydrogen) atoms. The molecule has 2 nitrogen and oxygen atoms in total. The third-order valence-electron chi connectivity index (χ3n) is 11.1. The van der Waals surface area contributed by atoms with Crippen LogP contribution in [0.5, 0.6) is 0 Å². The van der Waals surface area contributed by atoms with Crippen LogP contribution in [0.15, 0.2) is 49.1 Å². The van der Waals surface area contributed by atoms with E-state index >= 15 is 0 Å². The van der Waals surface area contributed by atoms with Crippen LogP contribution in [-0.2, 0) is 6.42 Å². The minimum atomic E-state index is 0.571. The molecule has 0 aliphatic heterocycles. The van der Waals surface area contributed by atoms with E-state index in [1.165, 1.54) is 217 Å². The highest BCUT2D eigenvalue weighted by Crippen LogP contribution is 2.32. The first-order valence-corrected chi connectivity index (χ1v) is 21.9. The van der Waals surface area contributed by atoms with E-state index in [0.29, 0.717) is 12.0 Å². The van der Waals surface area contributed by atoms with Crippen LogP contribution in [0.3, 0.4) is 0 Å². The zero-order chi connectivity index (χ0) is 34.0. The molecule has 0 bridgehead atoms. The molecular weight excluding hydrogens is 581 g/mol. The Morgan fingerprint density at radius 1 is 0.458 bits per heavy atom. The van der Waals surface area contributed by atoms with E-state index in [4.69, 9.17) is 0 Å². The fourth-order valence-electron chi connectivity index (χ4n) is 7.94. The minimum absolute atomic E-state index is 0.571. The van der Waals surface area contributed by atoms with Gasteiger partial charge in [0.15, 0.2) is 0 Å². The van der Waals surface area contributed by atoms with E-state index in [1.54, 1.807) is 0 Å². The summed E-state index contributed by atoms with van der Waals surface area (Å²) in [4.78, 5) is 4.49. The van der Waals surface area contributed by atoms with Crippen molar-refractivity contribution in [2.45, 2.75) is 232 Å². The Kier molecular flexibility index (Phi) is 29.0. The molecule has 2 aromatic rings. The summed E-state index contributed by atoms with van der Waals surface area (Å²) in [6.45, 7) is 4.62. The zero-order valence-corrected chi connectivity index (χ0v) is 32.5. The Morgan fingerprint density at radius 3 is 1.21 bits per heavy atom. The average molecular weight is 663 g/mol. The highest BCUT2D eigenvalue weighted by molar-refractivity contribution is 5.15. The summed E-state index contributed by atoms with van der Waals surface area (Å²) in [5.41, 5.74) is 1.50. The first kappa shape index (κ1) is 42.6. The van der Waals surface area contributed by atoms with Crippen molar-refractivity contribution in [1.82, 2.24) is 9.55 Å². The van der Waals surface area contributed by atoms with Gasteiger partial charge in [-0.15, -0.1) is 0 Å². The Balaban J connectivity index is 1.62. The van der Waals surface area contributed by atoms with Gasteiger partial charge in [-0.25, -0.2) is 4.98 Å². The number of unbranched alkanes of at least 4 members (excludes halogenated alkanes) is 28. The topological polar surface area (TPSA) is 17.8 Å². The highest BCUT2D eigenvalue weighted by Gasteiger charge is 2.23. The summed E-state index contributed by atoms with van der Waals surface area (Å²) in [5, 5.41) is 0. The van der Waals surface area contributed by atoms with Gasteiger partial charge in [0.05, 0.1) is 6.33 Å². The maximum absolute atomic E-state index is 4.49. The number of imidazole rings is 1. The zero-order valence-electron chi connectivity index (χ0n) is 32.5. The van der Waals surface area contributed by atoms with Crippen molar-refractivity contribution in [3.8, 4) is 0 Å². The Bertz CT molecular complexity index is 875. The lowest BCUT2D eigenvalue weighted by Gasteiger charge is -2.29. The maximum Gasteiger partial charge on any atom is 0.0948 e. The Hall–Kier alpha value is -1.57. The smallest absolute Gasteiger partial charge is 0.0948 e. The molecule has 2 unspecified atom stereocenters. The van der Waals surface area contributed by atoms with Gasteiger partial charge in [-0.1, -0.05) is 237 Å². The Morgan fingerprint density at radius 2 is 0.833 bits per heavy atom. The van der Waals surface area contributed by atoms with E-state index in [9.17, 15) is 0 Å². The minimum Gasteiger partial charge on any atom is -0.334 e. The third-order valence-corrected chi connectivity index (χ3v) is 11.1. The second-order valence-corrected chi connectivity index (χ2v) is 15.5. The van der Waals surface area contributed by atoms with Gasteiger partial charge in [-0.2, -0.15) is 0 Å². The van der Waals surface area contributed by atoms with Crippen molar-refractivity contribution < 1.29 is 0 Å². The molecule has 0 saturated carbocycles. The normalized spacial score (nSPS) is 12.9. The molecule has 1 heterocycles. The van der Waals surface area contributed by atoms with Crippen LogP contribution in [0.4, 0.5) is 0 Å². The van der Waals surface area contributed by atoms with Crippen molar-refractivity contribution in [2.24, 2.45) is 5.92 Å². The van der Waals surface area contributed by atoms with Gasteiger partial charge in [-0.3, -0.25) is 0 Å². The van der Waals surface area contributed by atoms with Gasteiger partial charge in [0.2, 0.25) is 0 Å². The largest absolute Gasteiger partial charge is 0.334 e. The van der Waals surface area contributed by atoms with E-state index in [-0.39, 0.29) is 0 Å². The van der Waals surface area contributed by atoms with Gasteiger partial charge in [0, 0.05) is 18.4 Å². The number of rotatable bonds is 36. The summed E-state index contributed by atoms with van der Waals surface area (Å²) < 4.78 is 2.46. The summed E-state index contributed by atoms with van der Waals surface area (Å²) in [5.74, 6) is 0.690. The molecule has 0 amide bonds. The van der Waals surface area contributed by atoms with Crippen molar-refractivity contribution >= 4 is 0 Å². The van der Waals surface area contributed by atoms with Gasteiger partial charge >= 0.3 is 0 Å². The van der Waals surface area contributed by atoms with Crippen LogP contribution in [-0.4, -0.2) is 9.55 Å². The van der Waals surface area contributed by atoms with Gasteiger partial charge in [0.1, 0.15) is 0 Å². The van der Waals surface area contributed by atoms with Crippen molar-refractivity contribution in [1.29, 1.82) is 0 Å². The number of aromatic nitrogens is 2. The lowest BCUT2D eigenvalue weighted by Crippen LogP contribution is -2.21. The first-order valence-electron chi connectivity index (χ1n) is 21.9. The standard InChI is InChI=1S/C46H82N2/c1-3-5-7-9-11-13-15-17-19-21-23-25-27-29-34-38-45(42-44-36-32-31-33-37-44)46(48-41-40-47-43-48)39-35-30-28-26-24-22-20-18-16-14-12-10-8-6-4-2/h31-33,36-37,40-41,43,45-46H,3-30,34-35,38-39,42H2,1-2H3. The average Bonchev–Trinajstić information content (AvgIpc) is 3.65. The van der Waals surface area contributed by atoms with E-state index < -0.39 is 0 Å². The SMILES string of the molecule is CCCCCCCCCCCCCCCCCC(Cc1ccccc1)C(CCCCCCCCCCCCCCCCC)n1ccnc1. The second kappa shape index (κ2) is 32.6. The van der Waals surface area contributed by atoms with Crippen LogP contribution < -0.4 is 0 Å². The summed E-state index contributed by atoms with van der Waals surface area (Å²) >= 11 is 0. The third kappa shape index (κ3) is 23.7. The van der Waals surface area contributed by atoms with Crippen molar-refractivity contribution in [3.63, 3.8) is 0 Å². The molecular formula is C46H82N2. The number of hydrogen-bond donors (Lipinski definition) is 0. The van der Waals surface area contributed by atoms with E-state index in [0.717, 1.165) is 0 Å². The van der Waals surface area contributed by atoms with Crippen molar-refractivity contribution in [3.05, 3.63) is 54.6 Å². The van der Waals surface area contributed by atoms with Crippen LogP contribution in [0.1, 0.15) is 231 Å². The molecule has 0 saturated heterocycles. The number of hydrogen-bond acceptors (Lipinski definition) is 1. The van der Waals surface area contributed by atoms with E-state index in [2.05, 4.69) is 66.3 Å². The fraction of sp³-hybridized carbons (Fsp3) is 0.804. The summed E-state index contributed by atoms with van der Waals surface area (Å²) in [6.07, 6.45) is 53.2. The first-order chi connectivity index (χ1) is 23.8. The van der Waals surface area contributed by atoms with E-state index in [1.807, 2.05) is 6.20 Å². The molecule has 1 aromatic heterocycles. The lowest BCUT2D eigenvalue weighted by atomic mass is 9.84. The van der Waals surface area contributed by atoms with Crippen LogP contribution in [0.25, 0.3) is 0 Å². The monoisotopic (exact) mass is 663 g/mol. The predicted molar refractivity (Wildman–Crippen MR) is 214 cm³/mol. The van der Waals surface area contributed by atoms with Gasteiger partial charge in [-0.05, 0) is 30.7 Å². The predicted octanol–water partition coefficient (Wildman–Crippen LogP) is 15.8. The molecule has 2 rings (SSSR count). The van der Waals surface area contributed by atoms with Gasteiger partial charge in [0.25, 0.3) is 0 Å². The molecule has 0 fully saturated rings. The summed E-state index contributed by atoms with van der Waals surface area (Å²) in [7, 11) is 0. The molecule has 2 heteroatoms. The molecule has 2 atom stereocenters. The van der Waals surface area contributed by atoms with Crippen LogP contribution >= 0.6 is 0 Å². The molecule has 0 aliphatic carbocycles. The number of benzene rings is 1. The molecule has 0 N–H and O–H groups in total. The molecule has 0 radical (unpaired) electrons. The van der Waals surface area contributed by atoms with Crippen molar-refractivity contribution in [2.75, 3.05) is 0 Å². The fourth-order valence-corrected chi connectivity index (χ4v) is 7.94. The molecule has 0 spiro atoms. The van der Waals surface area contributed by atoms with Gasteiger partial charge < -0.3 is 4.57 Å². The lowest BCUT2D eigenvalue weighted by molar-refractivity contribution is 0.275. The molecule has 276 valence electrons. The summed E-state index contributed by atoms with van der Waals surface area (Å²) in [6, 6.07) is 11.9. The maximum atomic E-state index is 4.49.